The van der Waals surface area contributed by atoms with Crippen molar-refractivity contribution in [3.8, 4) is 11.3 Å². The predicted octanol–water partition coefficient (Wildman–Crippen LogP) is 4.19. The maximum absolute atomic E-state index is 4.97. The third-order valence-corrected chi connectivity index (χ3v) is 4.73. The Bertz CT molecular complexity index is 1030. The average molecular weight is 285 g/mol. The third-order valence-electron chi connectivity index (χ3n) is 4.73. The normalized spacial score (nSPS) is 13.3. The van der Waals surface area contributed by atoms with Crippen molar-refractivity contribution in [3.05, 3.63) is 59.3 Å². The maximum Gasteiger partial charge on any atom is 0.0747 e. The van der Waals surface area contributed by atoms with E-state index in [0.717, 1.165) is 35.0 Å². The molecule has 1 N–H and O–H groups in total. The van der Waals surface area contributed by atoms with Gasteiger partial charge in [0.1, 0.15) is 0 Å². The maximum atomic E-state index is 4.97. The van der Waals surface area contributed by atoms with Crippen molar-refractivity contribution in [2.45, 2.75) is 19.8 Å². The van der Waals surface area contributed by atoms with Crippen LogP contribution >= 0.6 is 0 Å². The van der Waals surface area contributed by atoms with Gasteiger partial charge in [0.2, 0.25) is 0 Å². The SMILES string of the molecule is Cc1ccc(-c2nc3ccc4cn[nH]c4c3c3c2CC3)cc1. The lowest BCUT2D eigenvalue weighted by Gasteiger charge is -2.24. The van der Waals surface area contributed by atoms with Crippen LogP contribution in [0.25, 0.3) is 33.1 Å². The van der Waals surface area contributed by atoms with Gasteiger partial charge in [-0.05, 0) is 43.0 Å². The van der Waals surface area contributed by atoms with E-state index >= 15 is 0 Å². The molecule has 0 saturated heterocycles. The Morgan fingerprint density at radius 3 is 2.55 bits per heavy atom. The van der Waals surface area contributed by atoms with Gasteiger partial charge in [-0.25, -0.2) is 4.98 Å². The van der Waals surface area contributed by atoms with Gasteiger partial charge in [-0.3, -0.25) is 5.10 Å². The molecule has 0 atom stereocenters. The van der Waals surface area contributed by atoms with Crippen molar-refractivity contribution in [3.63, 3.8) is 0 Å². The van der Waals surface area contributed by atoms with Crippen molar-refractivity contribution in [2.24, 2.45) is 0 Å². The number of rotatable bonds is 1. The molecule has 5 rings (SSSR count). The van der Waals surface area contributed by atoms with Crippen LogP contribution in [0.5, 0.6) is 0 Å². The number of hydrogen-bond donors (Lipinski definition) is 1. The van der Waals surface area contributed by atoms with E-state index in [9.17, 15) is 0 Å². The molecular formula is C19H15N3. The molecule has 106 valence electrons. The first kappa shape index (κ1) is 11.9. The zero-order valence-electron chi connectivity index (χ0n) is 12.4. The van der Waals surface area contributed by atoms with Crippen LogP contribution < -0.4 is 0 Å². The van der Waals surface area contributed by atoms with E-state index in [1.807, 2.05) is 6.20 Å². The zero-order chi connectivity index (χ0) is 14.7. The molecule has 2 heterocycles. The molecule has 0 aliphatic heterocycles. The summed E-state index contributed by atoms with van der Waals surface area (Å²) in [5.41, 5.74) is 8.67. The Labute approximate surface area is 128 Å². The van der Waals surface area contributed by atoms with Crippen molar-refractivity contribution in [1.29, 1.82) is 0 Å². The summed E-state index contributed by atoms with van der Waals surface area (Å²) < 4.78 is 0. The fraction of sp³-hybridized carbons (Fsp3) is 0.158. The highest BCUT2D eigenvalue weighted by molar-refractivity contribution is 6.07. The summed E-state index contributed by atoms with van der Waals surface area (Å²) in [6.45, 7) is 2.12. The molecule has 1 aliphatic carbocycles. The number of H-pyrrole nitrogens is 1. The van der Waals surface area contributed by atoms with E-state index < -0.39 is 0 Å². The summed E-state index contributed by atoms with van der Waals surface area (Å²) >= 11 is 0. The fourth-order valence-corrected chi connectivity index (χ4v) is 3.45. The van der Waals surface area contributed by atoms with Gasteiger partial charge in [0.15, 0.2) is 0 Å². The molecule has 22 heavy (non-hydrogen) atoms. The van der Waals surface area contributed by atoms with E-state index in [0.29, 0.717) is 0 Å². The zero-order valence-corrected chi connectivity index (χ0v) is 12.4. The highest BCUT2D eigenvalue weighted by atomic mass is 15.1. The van der Waals surface area contributed by atoms with Gasteiger partial charge in [0.25, 0.3) is 0 Å². The monoisotopic (exact) mass is 285 g/mol. The van der Waals surface area contributed by atoms with Crippen molar-refractivity contribution in [2.75, 3.05) is 0 Å². The standard InChI is InChI=1S/C19H15N3/c1-11-2-4-12(5-3-11)18-15-8-7-14(15)17-16(21-18)9-6-13-10-20-22-19(13)17/h2-6,9-10H,7-8H2,1H3,(H,20,22). The number of benzene rings is 2. The topological polar surface area (TPSA) is 41.6 Å². The van der Waals surface area contributed by atoms with Crippen LogP contribution in [-0.2, 0) is 12.8 Å². The van der Waals surface area contributed by atoms with Gasteiger partial charge >= 0.3 is 0 Å². The number of aromatic amines is 1. The highest BCUT2D eigenvalue weighted by Crippen LogP contribution is 2.39. The lowest BCUT2D eigenvalue weighted by Crippen LogP contribution is -2.13. The Balaban J connectivity index is 1.86. The highest BCUT2D eigenvalue weighted by Gasteiger charge is 2.24. The smallest absolute Gasteiger partial charge is 0.0747 e. The molecular weight excluding hydrogens is 270 g/mol. The summed E-state index contributed by atoms with van der Waals surface area (Å²) in [6.07, 6.45) is 4.13. The van der Waals surface area contributed by atoms with Gasteiger partial charge in [0, 0.05) is 16.3 Å². The summed E-state index contributed by atoms with van der Waals surface area (Å²) in [5.74, 6) is 0. The lowest BCUT2D eigenvalue weighted by atomic mass is 9.82. The minimum absolute atomic E-state index is 1.06. The van der Waals surface area contributed by atoms with Crippen LogP contribution in [-0.4, -0.2) is 15.2 Å². The molecule has 4 aromatic rings. The predicted molar refractivity (Wildman–Crippen MR) is 89.0 cm³/mol. The Morgan fingerprint density at radius 1 is 0.955 bits per heavy atom. The molecule has 3 heteroatoms. The molecule has 1 aliphatic rings. The molecule has 3 nitrogen and oxygen atoms in total. The van der Waals surface area contributed by atoms with Gasteiger partial charge in [-0.15, -0.1) is 0 Å². The lowest BCUT2D eigenvalue weighted by molar-refractivity contribution is 0.846. The Morgan fingerprint density at radius 2 is 1.77 bits per heavy atom. The van der Waals surface area contributed by atoms with Crippen molar-refractivity contribution < 1.29 is 0 Å². The average Bonchev–Trinajstić information content (AvgIpc) is 2.96. The van der Waals surface area contributed by atoms with Gasteiger partial charge in [-0.2, -0.15) is 5.10 Å². The number of pyridine rings is 1. The number of aromatic nitrogens is 3. The first-order chi connectivity index (χ1) is 10.8. The van der Waals surface area contributed by atoms with E-state index in [4.69, 9.17) is 4.98 Å². The molecule has 0 bridgehead atoms. The van der Waals surface area contributed by atoms with Crippen LogP contribution in [0, 0.1) is 6.92 Å². The number of aryl methyl sites for hydroxylation is 2. The molecule has 0 saturated carbocycles. The molecule has 0 unspecified atom stereocenters. The molecule has 2 aromatic carbocycles. The molecule has 2 aromatic heterocycles. The third kappa shape index (κ3) is 1.51. The van der Waals surface area contributed by atoms with E-state index in [1.54, 1.807) is 0 Å². The van der Waals surface area contributed by atoms with Crippen molar-refractivity contribution in [1.82, 2.24) is 15.2 Å². The second-order valence-electron chi connectivity index (χ2n) is 6.08. The largest absolute Gasteiger partial charge is 0.277 e. The Hall–Kier alpha value is -2.68. The minimum atomic E-state index is 1.06. The van der Waals surface area contributed by atoms with E-state index in [1.165, 1.54) is 27.6 Å². The minimum Gasteiger partial charge on any atom is -0.277 e. The molecule has 0 fully saturated rings. The first-order valence-corrected chi connectivity index (χ1v) is 7.66. The Kier molecular flexibility index (Phi) is 2.26. The summed E-state index contributed by atoms with van der Waals surface area (Å²) in [5, 5.41) is 9.74. The fourth-order valence-electron chi connectivity index (χ4n) is 3.45. The second-order valence-corrected chi connectivity index (χ2v) is 6.08. The van der Waals surface area contributed by atoms with Gasteiger partial charge in [0.05, 0.1) is 22.9 Å². The van der Waals surface area contributed by atoms with Crippen LogP contribution in [0.1, 0.15) is 16.7 Å². The molecule has 0 spiro atoms. The molecule has 0 amide bonds. The number of hydrogen-bond acceptors (Lipinski definition) is 2. The first-order valence-electron chi connectivity index (χ1n) is 7.66. The van der Waals surface area contributed by atoms with Gasteiger partial charge < -0.3 is 0 Å². The quantitative estimate of drug-likeness (QED) is 0.570. The number of fused-ring (bicyclic) bond motifs is 5. The number of nitrogens with zero attached hydrogens (tertiary/aromatic N) is 2. The van der Waals surface area contributed by atoms with E-state index in [2.05, 4.69) is 53.5 Å². The van der Waals surface area contributed by atoms with Crippen LogP contribution in [0.4, 0.5) is 0 Å². The second kappa shape index (κ2) is 4.17. The van der Waals surface area contributed by atoms with Crippen LogP contribution in [0.2, 0.25) is 0 Å². The summed E-state index contributed by atoms with van der Waals surface area (Å²) in [7, 11) is 0. The van der Waals surface area contributed by atoms with E-state index in [-0.39, 0.29) is 0 Å². The van der Waals surface area contributed by atoms with Gasteiger partial charge in [-0.1, -0.05) is 29.8 Å². The van der Waals surface area contributed by atoms with Crippen LogP contribution in [0.15, 0.2) is 42.6 Å². The number of nitrogens with one attached hydrogen (secondary N) is 1. The summed E-state index contributed by atoms with van der Waals surface area (Å²) in [6, 6.07) is 12.9. The van der Waals surface area contributed by atoms with Crippen molar-refractivity contribution >= 4 is 21.8 Å². The summed E-state index contributed by atoms with van der Waals surface area (Å²) in [4.78, 5) is 4.97. The molecule has 0 radical (unpaired) electrons. The van der Waals surface area contributed by atoms with Crippen LogP contribution in [0.3, 0.4) is 0 Å².